The number of fused-ring (bicyclic) bond motifs is 2. The van der Waals surface area contributed by atoms with Crippen molar-refractivity contribution in [2.45, 2.75) is 43.9 Å². The van der Waals surface area contributed by atoms with Crippen molar-refractivity contribution in [3.63, 3.8) is 0 Å². The summed E-state index contributed by atoms with van der Waals surface area (Å²) >= 11 is 0. The molecule has 0 spiro atoms. The van der Waals surface area contributed by atoms with Crippen LogP contribution in [0.1, 0.15) is 35.5 Å². The van der Waals surface area contributed by atoms with E-state index in [1.807, 2.05) is 38.1 Å². The van der Waals surface area contributed by atoms with Gasteiger partial charge in [0, 0.05) is 49.2 Å². The number of amides is 1. The van der Waals surface area contributed by atoms with Crippen molar-refractivity contribution < 1.29 is 17.8 Å². The van der Waals surface area contributed by atoms with Crippen LogP contribution in [0.15, 0.2) is 59.5 Å². The van der Waals surface area contributed by atoms with Crippen molar-refractivity contribution in [2.75, 3.05) is 18.8 Å². The number of hydrogen-bond acceptors (Lipinski definition) is 6. The van der Waals surface area contributed by atoms with Gasteiger partial charge in [-0.1, -0.05) is 30.3 Å². The standard InChI is InChI=1S/C29H28F2N6O2S/c1-16-12-37(13-17(2)33-16)40(39)26-11-24(31)23(30)10-21(26)18-7-8-25-22(9-18)27(35-29(32)34-25)28(38)36-14-19-5-3-4-6-20(19)15-36/h3-11,16-17,33H,12-15H2,1-2H3,(H2,32,34,35). The van der Waals surface area contributed by atoms with E-state index in [1.165, 1.54) is 0 Å². The summed E-state index contributed by atoms with van der Waals surface area (Å²) < 4.78 is 44.6. The molecule has 2 aliphatic rings. The average molecular weight is 563 g/mol. The normalized spacial score (nSPS) is 20.1. The highest BCUT2D eigenvalue weighted by atomic mass is 32.2. The van der Waals surface area contributed by atoms with Gasteiger partial charge in [-0.2, -0.15) is 0 Å². The van der Waals surface area contributed by atoms with Gasteiger partial charge in [-0.15, -0.1) is 0 Å². The minimum Gasteiger partial charge on any atom is -0.368 e. The average Bonchev–Trinajstić information content (AvgIpc) is 3.37. The third-order valence-corrected chi connectivity index (χ3v) is 8.80. The Morgan fingerprint density at radius 1 is 0.975 bits per heavy atom. The van der Waals surface area contributed by atoms with Gasteiger partial charge in [0.05, 0.1) is 10.4 Å². The van der Waals surface area contributed by atoms with Crippen molar-refractivity contribution in [1.29, 1.82) is 0 Å². The van der Waals surface area contributed by atoms with Crippen LogP contribution >= 0.6 is 0 Å². The number of hydrogen-bond donors (Lipinski definition) is 2. The molecule has 206 valence electrons. The summed E-state index contributed by atoms with van der Waals surface area (Å²) in [4.78, 5) is 24.1. The number of nitrogens with zero attached hydrogens (tertiary/aromatic N) is 4. The number of rotatable bonds is 4. The maximum atomic E-state index is 14.6. The van der Waals surface area contributed by atoms with E-state index < -0.39 is 22.6 Å². The number of nitrogens with two attached hydrogens (primary N) is 1. The lowest BCUT2D eigenvalue weighted by Crippen LogP contribution is -2.54. The first-order valence-electron chi connectivity index (χ1n) is 13.0. The second-order valence-electron chi connectivity index (χ2n) is 10.4. The lowest BCUT2D eigenvalue weighted by Gasteiger charge is -2.35. The van der Waals surface area contributed by atoms with Crippen molar-refractivity contribution in [2.24, 2.45) is 0 Å². The number of carbonyl (C=O) groups excluding carboxylic acids is 1. The predicted molar refractivity (Wildman–Crippen MR) is 149 cm³/mol. The Morgan fingerprint density at radius 3 is 2.30 bits per heavy atom. The molecule has 1 amide bonds. The zero-order valence-corrected chi connectivity index (χ0v) is 22.8. The number of carbonyl (C=O) groups is 1. The van der Waals surface area contributed by atoms with E-state index in [0.717, 1.165) is 23.3 Å². The van der Waals surface area contributed by atoms with Crippen LogP contribution in [0.4, 0.5) is 14.7 Å². The Balaban J connectivity index is 1.43. The molecule has 4 aromatic rings. The van der Waals surface area contributed by atoms with E-state index in [9.17, 15) is 17.8 Å². The van der Waals surface area contributed by atoms with Gasteiger partial charge in [0.1, 0.15) is 16.7 Å². The van der Waals surface area contributed by atoms with Crippen LogP contribution in [0, 0.1) is 11.6 Å². The fourth-order valence-electron chi connectivity index (χ4n) is 5.55. The molecule has 1 aromatic heterocycles. The molecule has 3 heterocycles. The molecule has 3 aromatic carbocycles. The molecule has 1 fully saturated rings. The van der Waals surface area contributed by atoms with Gasteiger partial charge in [-0.25, -0.2) is 27.3 Å². The quantitative estimate of drug-likeness (QED) is 0.390. The first-order valence-corrected chi connectivity index (χ1v) is 14.1. The summed E-state index contributed by atoms with van der Waals surface area (Å²) in [5.74, 6) is -2.50. The van der Waals surface area contributed by atoms with Gasteiger partial charge in [-0.05, 0) is 54.8 Å². The Hall–Kier alpha value is -3.80. The van der Waals surface area contributed by atoms with Crippen LogP contribution in [-0.4, -0.2) is 54.5 Å². The molecule has 0 radical (unpaired) electrons. The highest BCUT2D eigenvalue weighted by Gasteiger charge is 2.30. The van der Waals surface area contributed by atoms with E-state index in [1.54, 1.807) is 27.4 Å². The minimum absolute atomic E-state index is 0.0446. The first-order chi connectivity index (χ1) is 19.2. The van der Waals surface area contributed by atoms with Gasteiger partial charge in [0.2, 0.25) is 5.95 Å². The van der Waals surface area contributed by atoms with Crippen LogP contribution in [0.25, 0.3) is 22.0 Å². The third-order valence-electron chi connectivity index (χ3n) is 7.32. The summed E-state index contributed by atoms with van der Waals surface area (Å²) in [6, 6.07) is 15.0. The number of halogens is 2. The fourth-order valence-corrected chi connectivity index (χ4v) is 7.12. The van der Waals surface area contributed by atoms with Crippen LogP contribution in [0.5, 0.6) is 0 Å². The van der Waals surface area contributed by atoms with E-state index in [0.29, 0.717) is 42.6 Å². The summed E-state index contributed by atoms with van der Waals surface area (Å²) in [5.41, 5.74) is 9.37. The number of piperazine rings is 1. The number of nitrogens with one attached hydrogen (secondary N) is 1. The van der Waals surface area contributed by atoms with E-state index >= 15 is 0 Å². The van der Waals surface area contributed by atoms with Gasteiger partial charge in [-0.3, -0.25) is 4.79 Å². The highest BCUT2D eigenvalue weighted by molar-refractivity contribution is 7.82. The number of aromatic nitrogens is 2. The van der Waals surface area contributed by atoms with Crippen molar-refractivity contribution in [3.05, 3.63) is 83.1 Å². The minimum atomic E-state index is -1.76. The Bertz CT molecular complexity index is 1650. The molecule has 0 aliphatic carbocycles. The molecular formula is C29H28F2N6O2S. The molecular weight excluding hydrogens is 534 g/mol. The molecule has 3 atom stereocenters. The molecule has 3 N–H and O–H groups in total. The van der Waals surface area contributed by atoms with Crippen molar-refractivity contribution in [3.8, 4) is 11.1 Å². The second-order valence-corrected chi connectivity index (χ2v) is 11.9. The number of benzene rings is 3. The number of nitrogen functional groups attached to an aromatic ring is 1. The lowest BCUT2D eigenvalue weighted by atomic mass is 10.0. The van der Waals surface area contributed by atoms with Crippen LogP contribution < -0.4 is 11.1 Å². The van der Waals surface area contributed by atoms with Crippen LogP contribution in [0.2, 0.25) is 0 Å². The maximum Gasteiger partial charge on any atom is 0.273 e. The lowest BCUT2D eigenvalue weighted by molar-refractivity contribution is 0.0747. The molecule has 0 saturated carbocycles. The van der Waals surface area contributed by atoms with E-state index in [2.05, 4.69) is 15.3 Å². The fraction of sp³-hybridized carbons (Fsp3) is 0.276. The SMILES string of the molecule is CC1CN(S(=O)c2cc(F)c(F)cc2-c2ccc3nc(N)nc(C(=O)N4Cc5ccccc5C4)c3c2)CC(C)N1. The van der Waals surface area contributed by atoms with Crippen molar-refractivity contribution >= 4 is 33.7 Å². The largest absolute Gasteiger partial charge is 0.368 e. The molecule has 2 aliphatic heterocycles. The van der Waals surface area contributed by atoms with E-state index in [4.69, 9.17) is 5.73 Å². The molecule has 8 nitrogen and oxygen atoms in total. The molecule has 11 heteroatoms. The second kappa shape index (κ2) is 10.3. The van der Waals surface area contributed by atoms with Gasteiger partial charge in [0.15, 0.2) is 11.6 Å². The Labute approximate surface area is 232 Å². The zero-order valence-electron chi connectivity index (χ0n) is 22.0. The predicted octanol–water partition coefficient (Wildman–Crippen LogP) is 4.02. The van der Waals surface area contributed by atoms with Gasteiger partial charge >= 0.3 is 0 Å². The Kier molecular flexibility index (Phi) is 6.81. The highest BCUT2D eigenvalue weighted by Crippen LogP contribution is 2.34. The molecule has 0 bridgehead atoms. The topological polar surface area (TPSA) is 104 Å². The first kappa shape index (κ1) is 26.4. The maximum absolute atomic E-state index is 14.6. The smallest absolute Gasteiger partial charge is 0.273 e. The van der Waals surface area contributed by atoms with E-state index in [-0.39, 0.29) is 40.1 Å². The summed E-state index contributed by atoms with van der Waals surface area (Å²) in [6.07, 6.45) is 0. The summed E-state index contributed by atoms with van der Waals surface area (Å²) in [7, 11) is -1.76. The number of anilines is 1. The molecule has 1 saturated heterocycles. The third kappa shape index (κ3) is 4.85. The molecule has 3 unspecified atom stereocenters. The van der Waals surface area contributed by atoms with Crippen LogP contribution in [-0.2, 0) is 24.1 Å². The molecule has 6 rings (SSSR count). The Morgan fingerprint density at radius 2 is 1.62 bits per heavy atom. The molecule has 40 heavy (non-hydrogen) atoms. The van der Waals surface area contributed by atoms with Crippen LogP contribution in [0.3, 0.4) is 0 Å². The van der Waals surface area contributed by atoms with Gasteiger partial charge in [0.25, 0.3) is 5.91 Å². The summed E-state index contributed by atoms with van der Waals surface area (Å²) in [5, 5.41) is 3.80. The van der Waals surface area contributed by atoms with Crippen molar-refractivity contribution in [1.82, 2.24) is 24.5 Å². The van der Waals surface area contributed by atoms with Gasteiger partial charge < -0.3 is 16.0 Å². The zero-order chi connectivity index (χ0) is 28.1. The summed E-state index contributed by atoms with van der Waals surface area (Å²) in [6.45, 7) is 5.81. The monoisotopic (exact) mass is 562 g/mol.